The Hall–Kier alpha value is -3.18. The Bertz CT molecular complexity index is 1100. The van der Waals surface area contributed by atoms with E-state index in [0.717, 1.165) is 33.2 Å². The summed E-state index contributed by atoms with van der Waals surface area (Å²) >= 11 is 0. The fourth-order valence-corrected chi connectivity index (χ4v) is 4.16. The van der Waals surface area contributed by atoms with Gasteiger partial charge in [0.25, 0.3) is 0 Å². The standard InChI is InChI=1S/C26H29N3O2/c1-19-7-5-12-24(20(19)2)27-25(30)18-28-13-15-29(16-14-28)26(31)17-22-10-6-9-21-8-3-4-11-23(21)22/h3-12H,13-18H2,1-2H3,(H,27,30). The predicted molar refractivity (Wildman–Crippen MR) is 125 cm³/mol. The average molecular weight is 416 g/mol. The van der Waals surface area contributed by atoms with Crippen molar-refractivity contribution in [3.8, 4) is 0 Å². The maximum atomic E-state index is 12.9. The van der Waals surface area contributed by atoms with Crippen molar-refractivity contribution < 1.29 is 9.59 Å². The van der Waals surface area contributed by atoms with Crippen molar-refractivity contribution in [2.45, 2.75) is 20.3 Å². The lowest BCUT2D eigenvalue weighted by Gasteiger charge is -2.34. The number of nitrogens with one attached hydrogen (secondary N) is 1. The van der Waals surface area contributed by atoms with Gasteiger partial charge in [-0.3, -0.25) is 14.5 Å². The van der Waals surface area contributed by atoms with Crippen molar-refractivity contribution in [3.05, 3.63) is 77.4 Å². The molecule has 1 heterocycles. The molecule has 3 aromatic carbocycles. The van der Waals surface area contributed by atoms with Crippen LogP contribution in [0.3, 0.4) is 0 Å². The number of anilines is 1. The van der Waals surface area contributed by atoms with E-state index < -0.39 is 0 Å². The highest BCUT2D eigenvalue weighted by atomic mass is 16.2. The maximum absolute atomic E-state index is 12.9. The minimum absolute atomic E-state index is 0.00997. The molecule has 1 fully saturated rings. The molecule has 3 aromatic rings. The van der Waals surface area contributed by atoms with Crippen molar-refractivity contribution in [2.75, 3.05) is 38.0 Å². The zero-order chi connectivity index (χ0) is 21.8. The van der Waals surface area contributed by atoms with E-state index in [0.29, 0.717) is 39.1 Å². The smallest absolute Gasteiger partial charge is 0.238 e. The summed E-state index contributed by atoms with van der Waals surface area (Å²) in [7, 11) is 0. The van der Waals surface area contributed by atoms with Crippen LogP contribution < -0.4 is 5.32 Å². The monoisotopic (exact) mass is 415 g/mol. The first-order chi connectivity index (χ1) is 15.0. The Morgan fingerprint density at radius 1 is 0.871 bits per heavy atom. The summed E-state index contributed by atoms with van der Waals surface area (Å²) in [5.74, 6) is 0.139. The molecule has 1 saturated heterocycles. The van der Waals surface area contributed by atoms with E-state index in [2.05, 4.69) is 28.4 Å². The van der Waals surface area contributed by atoms with Crippen LogP contribution in [-0.4, -0.2) is 54.3 Å². The topological polar surface area (TPSA) is 52.7 Å². The zero-order valence-corrected chi connectivity index (χ0v) is 18.2. The molecule has 0 spiro atoms. The minimum atomic E-state index is -0.00997. The molecule has 31 heavy (non-hydrogen) atoms. The van der Waals surface area contributed by atoms with Crippen LogP contribution in [0.1, 0.15) is 16.7 Å². The molecule has 0 bridgehead atoms. The molecule has 1 aliphatic rings. The van der Waals surface area contributed by atoms with E-state index >= 15 is 0 Å². The number of benzene rings is 3. The van der Waals surface area contributed by atoms with Gasteiger partial charge in [0.05, 0.1) is 13.0 Å². The molecule has 0 radical (unpaired) electrons. The summed E-state index contributed by atoms with van der Waals surface area (Å²) in [5, 5.41) is 5.32. The molecule has 5 nitrogen and oxygen atoms in total. The number of rotatable bonds is 5. The molecule has 0 aliphatic carbocycles. The molecule has 2 amide bonds. The summed E-state index contributed by atoms with van der Waals surface area (Å²) in [6.07, 6.45) is 0.411. The summed E-state index contributed by atoms with van der Waals surface area (Å²) in [6, 6.07) is 20.2. The lowest BCUT2D eigenvalue weighted by atomic mass is 10.0. The lowest BCUT2D eigenvalue weighted by Crippen LogP contribution is -2.50. The number of hydrogen-bond donors (Lipinski definition) is 1. The first kappa shape index (κ1) is 21.1. The molecule has 1 N–H and O–H groups in total. The zero-order valence-electron chi connectivity index (χ0n) is 18.2. The van der Waals surface area contributed by atoms with E-state index in [1.54, 1.807) is 0 Å². The quantitative estimate of drug-likeness (QED) is 0.690. The molecule has 160 valence electrons. The Balaban J connectivity index is 1.29. The van der Waals surface area contributed by atoms with Crippen molar-refractivity contribution >= 4 is 28.3 Å². The van der Waals surface area contributed by atoms with Crippen LogP contribution in [0.4, 0.5) is 5.69 Å². The van der Waals surface area contributed by atoms with Gasteiger partial charge in [-0.25, -0.2) is 0 Å². The molecule has 0 aromatic heterocycles. The fourth-order valence-electron chi connectivity index (χ4n) is 4.16. The number of carbonyl (C=O) groups is 2. The third kappa shape index (κ3) is 4.94. The largest absolute Gasteiger partial charge is 0.340 e. The summed E-state index contributed by atoms with van der Waals surface area (Å²) in [6.45, 7) is 7.13. The molecule has 0 saturated carbocycles. The van der Waals surface area contributed by atoms with Crippen molar-refractivity contribution in [3.63, 3.8) is 0 Å². The van der Waals surface area contributed by atoms with Crippen LogP contribution in [0, 0.1) is 13.8 Å². The highest BCUT2D eigenvalue weighted by Gasteiger charge is 2.23. The Morgan fingerprint density at radius 2 is 1.58 bits per heavy atom. The number of aryl methyl sites for hydroxylation is 1. The van der Waals surface area contributed by atoms with Crippen LogP contribution in [0.2, 0.25) is 0 Å². The van der Waals surface area contributed by atoms with Gasteiger partial charge in [0, 0.05) is 31.9 Å². The second-order valence-electron chi connectivity index (χ2n) is 8.27. The average Bonchev–Trinajstić information content (AvgIpc) is 2.77. The summed E-state index contributed by atoms with van der Waals surface area (Å²) < 4.78 is 0. The lowest BCUT2D eigenvalue weighted by molar-refractivity contribution is -0.132. The third-order valence-electron chi connectivity index (χ3n) is 6.19. The van der Waals surface area contributed by atoms with Gasteiger partial charge in [0.2, 0.25) is 11.8 Å². The van der Waals surface area contributed by atoms with Gasteiger partial charge in [-0.2, -0.15) is 0 Å². The molecular weight excluding hydrogens is 386 g/mol. The van der Waals surface area contributed by atoms with E-state index in [4.69, 9.17) is 0 Å². The SMILES string of the molecule is Cc1cccc(NC(=O)CN2CCN(C(=O)Cc3cccc4ccccc34)CC2)c1C. The van der Waals surface area contributed by atoms with Gasteiger partial charge >= 0.3 is 0 Å². The van der Waals surface area contributed by atoms with Crippen LogP contribution in [0.5, 0.6) is 0 Å². The minimum Gasteiger partial charge on any atom is -0.340 e. The van der Waals surface area contributed by atoms with Gasteiger partial charge in [0.15, 0.2) is 0 Å². The molecule has 0 atom stereocenters. The number of fused-ring (bicyclic) bond motifs is 1. The molecule has 5 heteroatoms. The third-order valence-corrected chi connectivity index (χ3v) is 6.19. The number of hydrogen-bond acceptors (Lipinski definition) is 3. The maximum Gasteiger partial charge on any atom is 0.238 e. The first-order valence-corrected chi connectivity index (χ1v) is 10.8. The Kier molecular flexibility index (Phi) is 6.33. The van der Waals surface area contributed by atoms with Crippen LogP contribution >= 0.6 is 0 Å². The predicted octanol–water partition coefficient (Wildman–Crippen LogP) is 3.78. The van der Waals surface area contributed by atoms with Crippen LogP contribution in [0.15, 0.2) is 60.7 Å². The molecule has 4 rings (SSSR count). The Labute approximate surface area is 183 Å². The van der Waals surface area contributed by atoms with E-state index in [9.17, 15) is 9.59 Å². The van der Waals surface area contributed by atoms with E-state index in [-0.39, 0.29) is 11.8 Å². The van der Waals surface area contributed by atoms with Gasteiger partial charge in [-0.1, -0.05) is 54.6 Å². The first-order valence-electron chi connectivity index (χ1n) is 10.8. The van der Waals surface area contributed by atoms with Gasteiger partial charge in [-0.05, 0) is 47.4 Å². The van der Waals surface area contributed by atoms with Crippen molar-refractivity contribution in [1.29, 1.82) is 0 Å². The number of amides is 2. The molecule has 1 aliphatic heterocycles. The highest BCUT2D eigenvalue weighted by molar-refractivity contribution is 5.93. The van der Waals surface area contributed by atoms with Crippen molar-refractivity contribution in [1.82, 2.24) is 9.80 Å². The number of nitrogens with zero attached hydrogens (tertiary/aromatic N) is 2. The normalized spacial score (nSPS) is 14.6. The summed E-state index contributed by atoms with van der Waals surface area (Å²) in [4.78, 5) is 29.4. The van der Waals surface area contributed by atoms with E-state index in [1.165, 1.54) is 0 Å². The number of carbonyl (C=O) groups excluding carboxylic acids is 2. The second kappa shape index (κ2) is 9.31. The number of piperazine rings is 1. The van der Waals surface area contributed by atoms with Gasteiger partial charge in [0.1, 0.15) is 0 Å². The molecule has 0 unspecified atom stereocenters. The second-order valence-corrected chi connectivity index (χ2v) is 8.27. The summed E-state index contributed by atoms with van der Waals surface area (Å²) in [5.41, 5.74) is 4.20. The highest BCUT2D eigenvalue weighted by Crippen LogP contribution is 2.20. The van der Waals surface area contributed by atoms with E-state index in [1.807, 2.05) is 61.2 Å². The molecular formula is C26H29N3O2. The van der Waals surface area contributed by atoms with Crippen LogP contribution in [-0.2, 0) is 16.0 Å². The Morgan fingerprint density at radius 3 is 2.39 bits per heavy atom. The van der Waals surface area contributed by atoms with Gasteiger partial charge < -0.3 is 10.2 Å². The van der Waals surface area contributed by atoms with Crippen molar-refractivity contribution in [2.24, 2.45) is 0 Å². The van der Waals surface area contributed by atoms with Crippen LogP contribution in [0.25, 0.3) is 10.8 Å². The van der Waals surface area contributed by atoms with Gasteiger partial charge in [-0.15, -0.1) is 0 Å². The fraction of sp³-hybridized carbons (Fsp3) is 0.308.